The molecule has 2 aromatic carbocycles. The molecule has 8 heteroatoms. The van der Waals surface area contributed by atoms with Crippen LogP contribution in [-0.4, -0.2) is 36.2 Å². The molecular weight excluding hydrogens is 388 g/mol. The highest BCUT2D eigenvalue weighted by Crippen LogP contribution is 2.28. The summed E-state index contributed by atoms with van der Waals surface area (Å²) in [6.45, 7) is 4.60. The number of hydrogen-bond acceptors (Lipinski definition) is 4. The van der Waals surface area contributed by atoms with E-state index in [1.807, 2.05) is 13.8 Å². The van der Waals surface area contributed by atoms with Gasteiger partial charge in [0.2, 0.25) is 0 Å². The third kappa shape index (κ3) is 4.54. The van der Waals surface area contributed by atoms with E-state index in [-0.39, 0.29) is 35.6 Å². The minimum atomic E-state index is -0.755. The van der Waals surface area contributed by atoms with Gasteiger partial charge in [-0.2, -0.15) is 0 Å². The monoisotopic (exact) mass is 411 g/mol. The van der Waals surface area contributed by atoms with Crippen molar-refractivity contribution in [2.24, 2.45) is 0 Å². The molecule has 1 aliphatic rings. The lowest BCUT2D eigenvalue weighted by Gasteiger charge is -2.38. The number of nitrogens with two attached hydrogens (primary N) is 1. The number of hydrogen-bond donors (Lipinski definition) is 2. The molecular formula is C20H24ClF2N3O2. The zero-order valence-electron chi connectivity index (χ0n) is 15.7. The second-order valence-corrected chi connectivity index (χ2v) is 6.83. The number of carbonyl (C=O) groups excluding carboxylic acids is 1. The molecule has 1 amide bonds. The lowest BCUT2D eigenvalue weighted by Crippen LogP contribution is -2.57. The topological polar surface area (TPSA) is 67.6 Å². The molecule has 28 heavy (non-hydrogen) atoms. The van der Waals surface area contributed by atoms with Crippen LogP contribution in [0.15, 0.2) is 36.4 Å². The summed E-state index contributed by atoms with van der Waals surface area (Å²) in [5.41, 5.74) is 6.68. The lowest BCUT2D eigenvalue weighted by atomic mass is 10.0. The van der Waals surface area contributed by atoms with Crippen molar-refractivity contribution in [1.82, 2.24) is 10.2 Å². The van der Waals surface area contributed by atoms with Gasteiger partial charge in [-0.15, -0.1) is 12.4 Å². The van der Waals surface area contributed by atoms with Crippen LogP contribution < -0.4 is 11.1 Å². The number of nitrogens with zero attached hydrogens (tertiary/aromatic N) is 1. The summed E-state index contributed by atoms with van der Waals surface area (Å²) in [6.07, 6.45) is -0.579. The number of nitrogen functional groups attached to an aromatic ring is 1. The molecule has 2 atom stereocenters. The quantitative estimate of drug-likeness (QED) is 0.750. The third-order valence-electron chi connectivity index (χ3n) is 4.76. The summed E-state index contributed by atoms with van der Waals surface area (Å²) < 4.78 is 34.3. The Morgan fingerprint density at radius 1 is 1.21 bits per heavy atom. The molecule has 1 fully saturated rings. The highest BCUT2D eigenvalue weighted by atomic mass is 35.5. The molecule has 3 rings (SSSR count). The van der Waals surface area contributed by atoms with Crippen LogP contribution in [0.4, 0.5) is 19.3 Å². The highest BCUT2D eigenvalue weighted by Gasteiger charge is 2.30. The number of halogens is 3. The van der Waals surface area contributed by atoms with Crippen LogP contribution >= 0.6 is 12.4 Å². The molecule has 1 heterocycles. The SMILES string of the molecule is CC1CNCC(C)N1C(=O)OCc1c(F)ccc(-c2cccc(N)c2)c1F.Cl. The predicted octanol–water partition coefficient (Wildman–Crippen LogP) is 3.95. The highest BCUT2D eigenvalue weighted by molar-refractivity contribution is 5.85. The van der Waals surface area contributed by atoms with Gasteiger partial charge in [0.1, 0.15) is 18.2 Å². The van der Waals surface area contributed by atoms with Gasteiger partial charge >= 0.3 is 6.09 Å². The van der Waals surface area contributed by atoms with Crippen LogP contribution in [0.5, 0.6) is 0 Å². The molecule has 3 N–H and O–H groups in total. The third-order valence-corrected chi connectivity index (χ3v) is 4.76. The van der Waals surface area contributed by atoms with E-state index in [2.05, 4.69) is 5.32 Å². The number of benzene rings is 2. The maximum absolute atomic E-state index is 14.9. The van der Waals surface area contributed by atoms with E-state index in [4.69, 9.17) is 10.5 Å². The van der Waals surface area contributed by atoms with E-state index in [1.165, 1.54) is 12.1 Å². The number of ether oxygens (including phenoxy) is 1. The summed E-state index contributed by atoms with van der Waals surface area (Å²) >= 11 is 0. The van der Waals surface area contributed by atoms with Crippen molar-refractivity contribution in [3.8, 4) is 11.1 Å². The molecule has 1 aliphatic heterocycles. The first-order chi connectivity index (χ1) is 12.9. The van der Waals surface area contributed by atoms with E-state index < -0.39 is 24.3 Å². The van der Waals surface area contributed by atoms with Gasteiger partial charge in [0.15, 0.2) is 0 Å². The number of anilines is 1. The molecule has 0 saturated carbocycles. The molecule has 0 aromatic heterocycles. The van der Waals surface area contributed by atoms with E-state index in [1.54, 1.807) is 29.2 Å². The Labute approximate surface area is 169 Å². The first-order valence-electron chi connectivity index (χ1n) is 8.87. The predicted molar refractivity (Wildman–Crippen MR) is 107 cm³/mol. The van der Waals surface area contributed by atoms with E-state index >= 15 is 0 Å². The summed E-state index contributed by atoms with van der Waals surface area (Å²) in [5.74, 6) is -1.51. The Balaban J connectivity index is 0.00000280. The maximum atomic E-state index is 14.9. The van der Waals surface area contributed by atoms with Crippen LogP contribution in [0.3, 0.4) is 0 Å². The first kappa shape index (κ1) is 21.9. The van der Waals surface area contributed by atoms with E-state index in [0.717, 1.165) is 0 Å². The standard InChI is InChI=1S/C20H23F2N3O2.ClH/c1-12-9-24-10-13(2)25(12)20(26)27-11-17-18(21)7-6-16(19(17)22)14-4-3-5-15(23)8-14;/h3-8,12-13,24H,9-11,23H2,1-2H3;1H. The summed E-state index contributed by atoms with van der Waals surface area (Å²) in [7, 11) is 0. The molecule has 0 radical (unpaired) electrons. The largest absolute Gasteiger partial charge is 0.444 e. The van der Waals surface area contributed by atoms with Gasteiger partial charge in [-0.1, -0.05) is 12.1 Å². The fourth-order valence-electron chi connectivity index (χ4n) is 3.36. The number of piperazine rings is 1. The molecule has 2 unspecified atom stereocenters. The van der Waals surface area contributed by atoms with Crippen molar-refractivity contribution in [2.75, 3.05) is 18.8 Å². The van der Waals surface area contributed by atoms with Gasteiger partial charge in [0, 0.05) is 36.4 Å². The van der Waals surface area contributed by atoms with Crippen molar-refractivity contribution < 1.29 is 18.3 Å². The lowest BCUT2D eigenvalue weighted by molar-refractivity contribution is 0.0552. The normalized spacial score (nSPS) is 19.1. The molecule has 2 aromatic rings. The van der Waals surface area contributed by atoms with Crippen molar-refractivity contribution in [3.63, 3.8) is 0 Å². The number of carbonyl (C=O) groups is 1. The molecule has 0 aliphatic carbocycles. The van der Waals surface area contributed by atoms with Crippen LogP contribution in [0.1, 0.15) is 19.4 Å². The molecule has 1 saturated heterocycles. The first-order valence-corrected chi connectivity index (χ1v) is 8.87. The minimum absolute atomic E-state index is 0. The van der Waals surface area contributed by atoms with Crippen LogP contribution in [-0.2, 0) is 11.3 Å². The maximum Gasteiger partial charge on any atom is 0.410 e. The Morgan fingerprint density at radius 2 is 1.89 bits per heavy atom. The Hall–Kier alpha value is -2.38. The molecule has 5 nitrogen and oxygen atoms in total. The van der Waals surface area contributed by atoms with Crippen molar-refractivity contribution in [3.05, 3.63) is 53.6 Å². The Bertz CT molecular complexity index is 840. The molecule has 0 spiro atoms. The van der Waals surface area contributed by atoms with Crippen LogP contribution in [0, 0.1) is 11.6 Å². The number of nitrogens with one attached hydrogen (secondary N) is 1. The smallest absolute Gasteiger partial charge is 0.410 e. The van der Waals surface area contributed by atoms with Gasteiger partial charge in [-0.3, -0.25) is 0 Å². The summed E-state index contributed by atoms with van der Waals surface area (Å²) in [6, 6.07) is 9.07. The molecule has 152 valence electrons. The summed E-state index contributed by atoms with van der Waals surface area (Å²) in [5, 5.41) is 3.21. The molecule has 0 bridgehead atoms. The van der Waals surface area contributed by atoms with Gasteiger partial charge in [-0.25, -0.2) is 13.6 Å². The number of rotatable bonds is 3. The zero-order valence-corrected chi connectivity index (χ0v) is 16.6. The van der Waals surface area contributed by atoms with Gasteiger partial charge in [-0.05, 0) is 43.7 Å². The second kappa shape index (κ2) is 9.21. The summed E-state index contributed by atoms with van der Waals surface area (Å²) in [4.78, 5) is 14.0. The Morgan fingerprint density at radius 3 is 2.54 bits per heavy atom. The van der Waals surface area contributed by atoms with Crippen LogP contribution in [0.25, 0.3) is 11.1 Å². The average molecular weight is 412 g/mol. The van der Waals surface area contributed by atoms with Crippen molar-refractivity contribution in [2.45, 2.75) is 32.5 Å². The average Bonchev–Trinajstić information content (AvgIpc) is 2.61. The van der Waals surface area contributed by atoms with Crippen LogP contribution in [0.2, 0.25) is 0 Å². The van der Waals surface area contributed by atoms with Gasteiger partial charge < -0.3 is 20.7 Å². The van der Waals surface area contributed by atoms with Crippen molar-refractivity contribution in [1.29, 1.82) is 0 Å². The zero-order chi connectivity index (χ0) is 19.6. The Kier molecular flexibility index (Phi) is 7.21. The fourth-order valence-corrected chi connectivity index (χ4v) is 3.36. The van der Waals surface area contributed by atoms with E-state index in [0.29, 0.717) is 24.3 Å². The van der Waals surface area contributed by atoms with E-state index in [9.17, 15) is 13.6 Å². The van der Waals surface area contributed by atoms with Gasteiger partial charge in [0.25, 0.3) is 0 Å². The second-order valence-electron chi connectivity index (χ2n) is 6.83. The van der Waals surface area contributed by atoms with Crippen molar-refractivity contribution >= 4 is 24.2 Å². The number of amides is 1. The minimum Gasteiger partial charge on any atom is -0.444 e. The fraction of sp³-hybridized carbons (Fsp3) is 0.350. The van der Waals surface area contributed by atoms with Gasteiger partial charge in [0.05, 0.1) is 5.56 Å².